The third-order valence-corrected chi connectivity index (χ3v) is 5.52. The quantitative estimate of drug-likeness (QED) is 0.720. The molecule has 1 heterocycles. The number of piperidine rings is 1. The molecule has 0 unspecified atom stereocenters. The van der Waals surface area contributed by atoms with Crippen LogP contribution in [0.15, 0.2) is 24.3 Å². The van der Waals surface area contributed by atoms with E-state index in [0.29, 0.717) is 5.75 Å². The van der Waals surface area contributed by atoms with Gasteiger partial charge in [-0.15, -0.1) is 11.8 Å². The fourth-order valence-corrected chi connectivity index (χ4v) is 3.65. The van der Waals surface area contributed by atoms with Crippen molar-refractivity contribution in [3.8, 4) is 0 Å². The molecule has 0 radical (unpaired) electrons. The van der Waals surface area contributed by atoms with Gasteiger partial charge in [-0.25, -0.2) is 0 Å². The zero-order chi connectivity index (χ0) is 16.5. The summed E-state index contributed by atoms with van der Waals surface area (Å²) in [4.78, 5) is 14.3. The molecule has 5 heteroatoms. The molecular formula is C18H27ClN2OS. The number of hydrogen-bond donors (Lipinski definition) is 1. The van der Waals surface area contributed by atoms with Gasteiger partial charge in [0.15, 0.2) is 0 Å². The zero-order valence-corrected chi connectivity index (χ0v) is 15.5. The lowest BCUT2D eigenvalue weighted by Crippen LogP contribution is -2.35. The second-order valence-electron chi connectivity index (χ2n) is 6.35. The highest BCUT2D eigenvalue weighted by Crippen LogP contribution is 2.16. The van der Waals surface area contributed by atoms with Crippen LogP contribution >= 0.6 is 23.4 Å². The lowest BCUT2D eigenvalue weighted by Gasteiger charge is -2.30. The lowest BCUT2D eigenvalue weighted by molar-refractivity contribution is -0.118. The summed E-state index contributed by atoms with van der Waals surface area (Å²) < 4.78 is 0. The average Bonchev–Trinajstić information content (AvgIpc) is 2.55. The van der Waals surface area contributed by atoms with Crippen molar-refractivity contribution in [1.82, 2.24) is 10.2 Å². The topological polar surface area (TPSA) is 32.3 Å². The number of benzene rings is 1. The summed E-state index contributed by atoms with van der Waals surface area (Å²) in [5.41, 5.74) is 1.20. The molecule has 0 saturated carbocycles. The largest absolute Gasteiger partial charge is 0.355 e. The summed E-state index contributed by atoms with van der Waals surface area (Å²) in [5, 5.41) is 3.77. The Kier molecular flexibility index (Phi) is 8.27. The molecule has 2 rings (SSSR count). The van der Waals surface area contributed by atoms with E-state index >= 15 is 0 Å². The Bertz CT molecular complexity index is 472. The zero-order valence-electron chi connectivity index (χ0n) is 13.9. The maximum absolute atomic E-state index is 11.8. The lowest BCUT2D eigenvalue weighted by atomic mass is 9.99. The van der Waals surface area contributed by atoms with Gasteiger partial charge in [-0.05, 0) is 62.5 Å². The Hall–Kier alpha value is -0.710. The number of carbonyl (C=O) groups is 1. The SMILES string of the molecule is CC1CCN(CCCNC(=O)CSCc2ccc(Cl)cc2)CC1. The average molecular weight is 355 g/mol. The van der Waals surface area contributed by atoms with Gasteiger partial charge in [-0.1, -0.05) is 30.7 Å². The summed E-state index contributed by atoms with van der Waals surface area (Å²) in [6.45, 7) is 6.65. The van der Waals surface area contributed by atoms with Gasteiger partial charge in [0.25, 0.3) is 0 Å². The number of rotatable bonds is 8. The van der Waals surface area contributed by atoms with Crippen molar-refractivity contribution < 1.29 is 4.79 Å². The van der Waals surface area contributed by atoms with Gasteiger partial charge < -0.3 is 10.2 Å². The molecule has 0 aliphatic carbocycles. The van der Waals surface area contributed by atoms with Gasteiger partial charge >= 0.3 is 0 Å². The van der Waals surface area contributed by atoms with E-state index in [2.05, 4.69) is 17.1 Å². The Balaban J connectivity index is 1.49. The number of nitrogens with one attached hydrogen (secondary N) is 1. The van der Waals surface area contributed by atoms with Crippen LogP contribution in [-0.4, -0.2) is 42.7 Å². The van der Waals surface area contributed by atoms with Crippen LogP contribution in [0, 0.1) is 5.92 Å². The van der Waals surface area contributed by atoms with E-state index in [1.807, 2.05) is 24.3 Å². The Labute approximate surface area is 149 Å². The molecule has 1 aromatic carbocycles. The maximum Gasteiger partial charge on any atom is 0.230 e. The number of nitrogens with zero attached hydrogens (tertiary/aromatic N) is 1. The van der Waals surface area contributed by atoms with E-state index in [1.165, 1.54) is 31.5 Å². The second-order valence-corrected chi connectivity index (χ2v) is 7.77. The molecule has 1 saturated heterocycles. The fraction of sp³-hybridized carbons (Fsp3) is 0.611. The van der Waals surface area contributed by atoms with Gasteiger partial charge in [0.2, 0.25) is 5.91 Å². The first-order valence-corrected chi connectivity index (χ1v) is 9.98. The van der Waals surface area contributed by atoms with E-state index in [9.17, 15) is 4.79 Å². The van der Waals surface area contributed by atoms with E-state index in [1.54, 1.807) is 11.8 Å². The van der Waals surface area contributed by atoms with Crippen LogP contribution < -0.4 is 5.32 Å². The number of thioether (sulfide) groups is 1. The van der Waals surface area contributed by atoms with Crippen molar-refractivity contribution in [2.24, 2.45) is 5.92 Å². The number of carbonyl (C=O) groups excluding carboxylic acids is 1. The number of halogens is 1. The van der Waals surface area contributed by atoms with Gasteiger partial charge in [-0.2, -0.15) is 0 Å². The molecule has 1 aliphatic rings. The Morgan fingerprint density at radius 2 is 2.00 bits per heavy atom. The molecule has 1 fully saturated rings. The number of likely N-dealkylation sites (tertiary alicyclic amines) is 1. The minimum Gasteiger partial charge on any atom is -0.355 e. The minimum absolute atomic E-state index is 0.135. The van der Waals surface area contributed by atoms with Crippen LogP contribution in [0.5, 0.6) is 0 Å². The molecular weight excluding hydrogens is 328 g/mol. The molecule has 0 aromatic heterocycles. The first-order valence-electron chi connectivity index (χ1n) is 8.45. The first-order chi connectivity index (χ1) is 11.1. The molecule has 0 atom stereocenters. The summed E-state index contributed by atoms with van der Waals surface area (Å²) >= 11 is 7.50. The summed E-state index contributed by atoms with van der Waals surface area (Å²) in [7, 11) is 0. The predicted molar refractivity (Wildman–Crippen MR) is 100 cm³/mol. The summed E-state index contributed by atoms with van der Waals surface area (Å²) in [5.74, 6) is 2.38. The Morgan fingerprint density at radius 3 is 2.70 bits per heavy atom. The van der Waals surface area contributed by atoms with Crippen molar-refractivity contribution in [2.75, 3.05) is 31.9 Å². The van der Waals surface area contributed by atoms with Crippen LogP contribution in [0.2, 0.25) is 5.02 Å². The third-order valence-electron chi connectivity index (χ3n) is 4.26. The molecule has 1 amide bonds. The molecule has 1 aliphatic heterocycles. The summed E-state index contributed by atoms with van der Waals surface area (Å²) in [6.07, 6.45) is 3.67. The van der Waals surface area contributed by atoms with Crippen LogP contribution in [0.25, 0.3) is 0 Å². The minimum atomic E-state index is 0.135. The third kappa shape index (κ3) is 7.60. The van der Waals surface area contributed by atoms with Crippen LogP contribution in [0.3, 0.4) is 0 Å². The highest BCUT2D eigenvalue weighted by molar-refractivity contribution is 7.99. The van der Waals surface area contributed by atoms with Crippen molar-refractivity contribution in [1.29, 1.82) is 0 Å². The van der Waals surface area contributed by atoms with E-state index in [0.717, 1.165) is 36.2 Å². The van der Waals surface area contributed by atoms with Crippen molar-refractivity contribution in [3.05, 3.63) is 34.9 Å². The number of amides is 1. The van der Waals surface area contributed by atoms with Crippen LogP contribution in [0.1, 0.15) is 31.7 Å². The molecule has 23 heavy (non-hydrogen) atoms. The van der Waals surface area contributed by atoms with Gasteiger partial charge in [0.1, 0.15) is 0 Å². The Morgan fingerprint density at radius 1 is 1.30 bits per heavy atom. The van der Waals surface area contributed by atoms with E-state index < -0.39 is 0 Å². The molecule has 1 aromatic rings. The highest BCUT2D eigenvalue weighted by Gasteiger charge is 2.14. The van der Waals surface area contributed by atoms with Crippen molar-refractivity contribution in [3.63, 3.8) is 0 Å². The van der Waals surface area contributed by atoms with Gasteiger partial charge in [0, 0.05) is 17.3 Å². The van der Waals surface area contributed by atoms with Crippen molar-refractivity contribution >= 4 is 29.3 Å². The van der Waals surface area contributed by atoms with E-state index in [-0.39, 0.29) is 5.91 Å². The van der Waals surface area contributed by atoms with Crippen LogP contribution in [-0.2, 0) is 10.5 Å². The smallest absolute Gasteiger partial charge is 0.230 e. The molecule has 3 nitrogen and oxygen atoms in total. The first kappa shape index (κ1) is 18.6. The fourth-order valence-electron chi connectivity index (χ4n) is 2.71. The standard InChI is InChI=1S/C18H27ClN2OS/c1-15-7-11-21(12-8-15)10-2-9-20-18(22)14-23-13-16-3-5-17(19)6-4-16/h3-6,15H,2,7-14H2,1H3,(H,20,22). The van der Waals surface area contributed by atoms with Gasteiger partial charge in [-0.3, -0.25) is 4.79 Å². The normalized spacial score (nSPS) is 16.4. The molecule has 1 N–H and O–H groups in total. The second kappa shape index (κ2) is 10.2. The highest BCUT2D eigenvalue weighted by atomic mass is 35.5. The maximum atomic E-state index is 11.8. The van der Waals surface area contributed by atoms with Gasteiger partial charge in [0.05, 0.1) is 5.75 Å². The molecule has 0 bridgehead atoms. The molecule has 0 spiro atoms. The number of hydrogen-bond acceptors (Lipinski definition) is 3. The summed E-state index contributed by atoms with van der Waals surface area (Å²) in [6, 6.07) is 7.79. The van der Waals surface area contributed by atoms with Crippen molar-refractivity contribution in [2.45, 2.75) is 31.9 Å². The van der Waals surface area contributed by atoms with Crippen LogP contribution in [0.4, 0.5) is 0 Å². The monoisotopic (exact) mass is 354 g/mol. The molecule has 128 valence electrons. The predicted octanol–water partition coefficient (Wildman–Crippen LogP) is 3.81. The van der Waals surface area contributed by atoms with E-state index in [4.69, 9.17) is 11.6 Å².